The third-order valence-corrected chi connectivity index (χ3v) is 8.75. The summed E-state index contributed by atoms with van der Waals surface area (Å²) in [6, 6.07) is 0. The molecule has 4 nitrogen and oxygen atoms in total. The second-order valence-electron chi connectivity index (χ2n) is 9.50. The highest BCUT2D eigenvalue weighted by Crippen LogP contribution is 2.67. The van der Waals surface area contributed by atoms with Gasteiger partial charge in [-0.05, 0) is 74.5 Å². The van der Waals surface area contributed by atoms with E-state index in [4.69, 9.17) is 4.74 Å². The van der Waals surface area contributed by atoms with Gasteiger partial charge >= 0.3 is 5.97 Å². The zero-order chi connectivity index (χ0) is 18.0. The zero-order valence-corrected chi connectivity index (χ0v) is 15.8. The molecule has 4 aliphatic rings. The van der Waals surface area contributed by atoms with Crippen LogP contribution in [0.2, 0.25) is 0 Å². The summed E-state index contributed by atoms with van der Waals surface area (Å²) in [6.07, 6.45) is 9.38. The van der Waals surface area contributed by atoms with Crippen LogP contribution in [0.15, 0.2) is 11.6 Å². The van der Waals surface area contributed by atoms with Crippen molar-refractivity contribution >= 4 is 5.97 Å². The van der Waals surface area contributed by atoms with Crippen molar-refractivity contribution in [2.24, 2.45) is 28.6 Å². The van der Waals surface area contributed by atoms with Crippen LogP contribution in [0, 0.1) is 28.6 Å². The van der Waals surface area contributed by atoms with E-state index in [9.17, 15) is 15.0 Å². The smallest absolute Gasteiger partial charge is 0.338 e. The topological polar surface area (TPSA) is 66.8 Å². The minimum Gasteiger partial charge on any atom is -0.467 e. The van der Waals surface area contributed by atoms with Crippen molar-refractivity contribution in [2.45, 2.75) is 76.9 Å². The summed E-state index contributed by atoms with van der Waals surface area (Å²) in [5.41, 5.74) is -0.0604. The molecule has 4 heteroatoms. The van der Waals surface area contributed by atoms with Crippen LogP contribution in [0.5, 0.6) is 0 Å². The Hall–Kier alpha value is -0.870. The highest BCUT2D eigenvalue weighted by atomic mass is 16.5. The van der Waals surface area contributed by atoms with Crippen molar-refractivity contribution in [2.75, 3.05) is 7.11 Å². The Morgan fingerprint density at radius 2 is 1.88 bits per heavy atom. The number of hydrogen-bond acceptors (Lipinski definition) is 4. The number of carbonyl (C=O) groups is 1. The van der Waals surface area contributed by atoms with E-state index in [-0.39, 0.29) is 16.9 Å². The minimum absolute atomic E-state index is 0.180. The van der Waals surface area contributed by atoms with Crippen molar-refractivity contribution in [1.29, 1.82) is 0 Å². The van der Waals surface area contributed by atoms with Gasteiger partial charge in [-0.15, -0.1) is 0 Å². The van der Waals surface area contributed by atoms with Gasteiger partial charge in [0.15, 0.2) is 5.60 Å². The van der Waals surface area contributed by atoms with E-state index in [2.05, 4.69) is 19.9 Å². The maximum atomic E-state index is 12.4. The molecule has 4 rings (SSSR count). The van der Waals surface area contributed by atoms with E-state index in [0.717, 1.165) is 44.9 Å². The number of ether oxygens (including phenoxy) is 1. The van der Waals surface area contributed by atoms with Crippen molar-refractivity contribution in [3.63, 3.8) is 0 Å². The Morgan fingerprint density at radius 1 is 1.16 bits per heavy atom. The lowest BCUT2D eigenvalue weighted by Gasteiger charge is -2.58. The molecule has 2 N–H and O–H groups in total. The summed E-state index contributed by atoms with van der Waals surface area (Å²) < 4.78 is 4.98. The number of esters is 1. The van der Waals surface area contributed by atoms with Gasteiger partial charge in [-0.1, -0.05) is 25.5 Å². The largest absolute Gasteiger partial charge is 0.467 e. The summed E-state index contributed by atoms with van der Waals surface area (Å²) in [5.74, 6) is 1.06. The highest BCUT2D eigenvalue weighted by molar-refractivity contribution is 5.81. The Kier molecular flexibility index (Phi) is 3.90. The van der Waals surface area contributed by atoms with Gasteiger partial charge in [-0.3, -0.25) is 0 Å². The fourth-order valence-electron chi connectivity index (χ4n) is 7.16. The van der Waals surface area contributed by atoms with E-state index in [1.54, 1.807) is 0 Å². The molecule has 0 aromatic heterocycles. The number of allylic oxidation sites excluding steroid dienone is 1. The Morgan fingerprint density at radius 3 is 2.60 bits per heavy atom. The first-order valence-corrected chi connectivity index (χ1v) is 9.94. The molecule has 0 radical (unpaired) electrons. The average molecular weight is 348 g/mol. The number of hydrogen-bond donors (Lipinski definition) is 2. The predicted octanol–water partition coefficient (Wildman–Crippen LogP) is 3.21. The molecule has 0 heterocycles. The quantitative estimate of drug-likeness (QED) is 0.564. The molecule has 0 aromatic carbocycles. The van der Waals surface area contributed by atoms with E-state index in [0.29, 0.717) is 24.2 Å². The van der Waals surface area contributed by atoms with Crippen LogP contribution in [0.25, 0.3) is 0 Å². The van der Waals surface area contributed by atoms with E-state index < -0.39 is 11.6 Å². The normalized spacial score (nSPS) is 51.8. The maximum absolute atomic E-state index is 12.4. The van der Waals surface area contributed by atoms with Crippen molar-refractivity contribution < 1.29 is 19.7 Å². The van der Waals surface area contributed by atoms with Crippen LogP contribution in [0.3, 0.4) is 0 Å². The van der Waals surface area contributed by atoms with Gasteiger partial charge in [0.25, 0.3) is 0 Å². The molecule has 4 aliphatic carbocycles. The highest BCUT2D eigenvalue weighted by Gasteiger charge is 2.66. The van der Waals surface area contributed by atoms with Crippen LogP contribution < -0.4 is 0 Å². The lowest BCUT2D eigenvalue weighted by molar-refractivity contribution is -0.184. The maximum Gasteiger partial charge on any atom is 0.338 e. The van der Waals surface area contributed by atoms with Gasteiger partial charge < -0.3 is 14.9 Å². The molecule has 3 saturated carbocycles. The first-order valence-electron chi connectivity index (χ1n) is 9.94. The Balaban J connectivity index is 1.68. The molecule has 0 aromatic rings. The van der Waals surface area contributed by atoms with E-state index in [1.165, 1.54) is 12.7 Å². The number of aliphatic hydroxyl groups excluding tert-OH is 1. The predicted molar refractivity (Wildman–Crippen MR) is 94.7 cm³/mol. The zero-order valence-electron chi connectivity index (χ0n) is 15.8. The second-order valence-corrected chi connectivity index (χ2v) is 9.50. The van der Waals surface area contributed by atoms with Crippen molar-refractivity contribution in [3.05, 3.63) is 11.6 Å². The number of carbonyl (C=O) groups excluding carboxylic acids is 1. The van der Waals surface area contributed by atoms with Crippen LogP contribution in [0.1, 0.15) is 65.2 Å². The molecule has 0 bridgehead atoms. The fourth-order valence-corrected chi connectivity index (χ4v) is 7.16. The lowest BCUT2D eigenvalue weighted by Crippen LogP contribution is -2.57. The number of aliphatic hydroxyl groups is 2. The van der Waals surface area contributed by atoms with Gasteiger partial charge in [-0.25, -0.2) is 4.79 Å². The van der Waals surface area contributed by atoms with Crippen LogP contribution in [0.4, 0.5) is 0 Å². The molecular weight excluding hydrogens is 316 g/mol. The van der Waals surface area contributed by atoms with Gasteiger partial charge in [0, 0.05) is 5.41 Å². The average Bonchev–Trinajstić information content (AvgIpc) is 2.87. The number of methoxy groups -OCH3 is 1. The van der Waals surface area contributed by atoms with Gasteiger partial charge in [-0.2, -0.15) is 0 Å². The van der Waals surface area contributed by atoms with Crippen LogP contribution >= 0.6 is 0 Å². The SMILES string of the molecule is COC(=O)[C@]1(O)CC[C@@H]2[C@@H]3CC=C4C[C@H](O)CC[C@]4(C)[C@@H]3CC[C@]21C. The van der Waals surface area contributed by atoms with Crippen molar-refractivity contribution in [3.8, 4) is 0 Å². The first-order chi connectivity index (χ1) is 11.8. The molecular formula is C21H32O4. The van der Waals surface area contributed by atoms with Crippen LogP contribution in [-0.2, 0) is 9.53 Å². The molecule has 3 fully saturated rings. The number of rotatable bonds is 1. The van der Waals surface area contributed by atoms with Crippen molar-refractivity contribution in [1.82, 2.24) is 0 Å². The molecule has 140 valence electrons. The van der Waals surface area contributed by atoms with Gasteiger partial charge in [0.2, 0.25) is 0 Å². The summed E-state index contributed by atoms with van der Waals surface area (Å²) in [4.78, 5) is 12.4. The first kappa shape index (κ1) is 17.5. The summed E-state index contributed by atoms with van der Waals surface area (Å²) in [6.45, 7) is 4.51. The molecule has 0 unspecified atom stereocenters. The van der Waals surface area contributed by atoms with Crippen LogP contribution in [-0.4, -0.2) is 35.0 Å². The van der Waals surface area contributed by atoms with Gasteiger partial charge in [0.1, 0.15) is 0 Å². The monoisotopic (exact) mass is 348 g/mol. The summed E-state index contributed by atoms with van der Waals surface area (Å²) in [5, 5.41) is 21.3. The molecule has 0 amide bonds. The Labute approximate surface area is 150 Å². The fraction of sp³-hybridized carbons (Fsp3) is 0.857. The minimum atomic E-state index is -1.33. The lowest BCUT2D eigenvalue weighted by atomic mass is 9.47. The van der Waals surface area contributed by atoms with E-state index >= 15 is 0 Å². The molecule has 25 heavy (non-hydrogen) atoms. The third-order valence-electron chi connectivity index (χ3n) is 8.75. The Bertz CT molecular complexity index is 613. The molecule has 0 saturated heterocycles. The summed E-state index contributed by atoms with van der Waals surface area (Å²) in [7, 11) is 1.38. The summed E-state index contributed by atoms with van der Waals surface area (Å²) >= 11 is 0. The molecule has 7 atom stereocenters. The number of fused-ring (bicyclic) bond motifs is 5. The molecule has 0 spiro atoms. The van der Waals surface area contributed by atoms with E-state index in [1.807, 2.05) is 0 Å². The van der Waals surface area contributed by atoms with Gasteiger partial charge in [0.05, 0.1) is 13.2 Å². The third kappa shape index (κ3) is 2.16. The second kappa shape index (κ2) is 5.56. The standard InChI is InChI=1S/C21H32O4/c1-19-9-6-14(22)12-13(19)4-5-15-16(19)7-10-20(2)17(15)8-11-21(20,24)18(23)25-3/h4,14-17,22,24H,5-12H2,1-3H3/t14-,15-,16-,17-,19+,20-,21-/m1/s1. The molecule has 0 aliphatic heterocycles.